The van der Waals surface area contributed by atoms with Crippen LogP contribution in [0.1, 0.15) is 11.1 Å². The number of pyridine rings is 1. The highest BCUT2D eigenvalue weighted by Gasteiger charge is 1.78. The van der Waals surface area contributed by atoms with Gasteiger partial charge < -0.3 is 0 Å². The molecule has 82 valence electrons. The molecular weight excluding hydrogens is 218 g/mol. The van der Waals surface area contributed by atoms with Crippen LogP contribution in [0, 0.1) is 6.92 Å². The Bertz CT molecular complexity index is 409. The van der Waals surface area contributed by atoms with Gasteiger partial charge in [0.2, 0.25) is 0 Å². The Hall–Kier alpha value is -1.60. The highest BCUT2D eigenvalue weighted by atomic mass is 35.5. The molecule has 0 saturated heterocycles. The summed E-state index contributed by atoms with van der Waals surface area (Å²) >= 11 is 5.36. The fourth-order valence-corrected chi connectivity index (χ4v) is 1.23. The lowest BCUT2D eigenvalue weighted by Gasteiger charge is -1.86. The van der Waals surface area contributed by atoms with Crippen molar-refractivity contribution in [3.05, 3.63) is 71.5 Å². The third-order valence-electron chi connectivity index (χ3n) is 1.86. The van der Waals surface area contributed by atoms with Crippen LogP contribution < -0.4 is 0 Å². The van der Waals surface area contributed by atoms with E-state index >= 15 is 0 Å². The van der Waals surface area contributed by atoms with Gasteiger partial charge in [-0.3, -0.25) is 4.98 Å². The Morgan fingerprint density at radius 2 is 1.81 bits per heavy atom. The Morgan fingerprint density at radius 3 is 2.25 bits per heavy atom. The molecule has 0 aliphatic rings. The molecule has 2 rings (SSSR count). The number of rotatable bonds is 1. The van der Waals surface area contributed by atoms with E-state index in [1.807, 2.05) is 61.7 Å². The smallest absolute Gasteiger partial charge is 0.0297 e. The maximum Gasteiger partial charge on any atom is 0.0297 e. The van der Waals surface area contributed by atoms with Crippen LogP contribution in [-0.2, 0) is 0 Å². The Labute approximate surface area is 101 Å². The summed E-state index contributed by atoms with van der Waals surface area (Å²) in [5.41, 5.74) is 3.85. The number of nitrogens with zero attached hydrogens (tertiary/aromatic N) is 1. The molecule has 0 bridgehead atoms. The van der Waals surface area contributed by atoms with Gasteiger partial charge in [0.1, 0.15) is 0 Å². The topological polar surface area (TPSA) is 12.9 Å². The van der Waals surface area contributed by atoms with Crippen molar-refractivity contribution >= 4 is 17.7 Å². The van der Waals surface area contributed by atoms with E-state index in [1.54, 1.807) is 6.20 Å². The van der Waals surface area contributed by atoms with Gasteiger partial charge >= 0.3 is 0 Å². The van der Waals surface area contributed by atoms with E-state index in [1.165, 1.54) is 11.1 Å². The second kappa shape index (κ2) is 7.66. The fraction of sp³-hybridized carbons (Fsp3) is 0.0714. The van der Waals surface area contributed by atoms with E-state index in [-0.39, 0.29) is 0 Å². The van der Waals surface area contributed by atoms with Crippen molar-refractivity contribution in [3.8, 4) is 0 Å². The molecule has 16 heavy (non-hydrogen) atoms. The maximum absolute atomic E-state index is 5.36. The van der Waals surface area contributed by atoms with E-state index in [0.717, 1.165) is 5.56 Å². The van der Waals surface area contributed by atoms with Crippen molar-refractivity contribution < 1.29 is 0 Å². The third kappa shape index (κ3) is 5.32. The Kier molecular flexibility index (Phi) is 5.97. The monoisotopic (exact) mass is 231 g/mol. The minimum absolute atomic E-state index is 1.13. The van der Waals surface area contributed by atoms with Gasteiger partial charge in [-0.2, -0.15) is 0 Å². The third-order valence-corrected chi connectivity index (χ3v) is 1.99. The van der Waals surface area contributed by atoms with Crippen molar-refractivity contribution in [2.45, 2.75) is 6.92 Å². The molecule has 2 aromatic rings. The van der Waals surface area contributed by atoms with E-state index in [9.17, 15) is 0 Å². The number of aryl methyl sites for hydroxylation is 1. The predicted octanol–water partition coefficient (Wildman–Crippen LogP) is 4.29. The predicted molar refractivity (Wildman–Crippen MR) is 70.3 cm³/mol. The largest absolute Gasteiger partial charge is 0.264 e. The molecule has 0 atom stereocenters. The van der Waals surface area contributed by atoms with E-state index in [4.69, 9.17) is 11.6 Å². The van der Waals surface area contributed by atoms with Crippen LogP contribution in [0.25, 0.3) is 6.08 Å². The second-order valence-electron chi connectivity index (χ2n) is 3.23. The quantitative estimate of drug-likeness (QED) is 0.714. The maximum atomic E-state index is 5.36. The van der Waals surface area contributed by atoms with E-state index in [0.29, 0.717) is 0 Å². The van der Waals surface area contributed by atoms with Crippen LogP contribution in [0.2, 0.25) is 0 Å². The first kappa shape index (κ1) is 12.5. The minimum Gasteiger partial charge on any atom is -0.264 e. The summed E-state index contributed by atoms with van der Waals surface area (Å²) in [5.74, 6) is 0. The van der Waals surface area contributed by atoms with Gasteiger partial charge in [0.15, 0.2) is 0 Å². The minimum atomic E-state index is 1.13. The number of hydrogen-bond donors (Lipinski definition) is 0. The summed E-state index contributed by atoms with van der Waals surface area (Å²) in [6.07, 6.45) is 5.45. The molecule has 0 saturated carbocycles. The van der Waals surface area contributed by atoms with Crippen molar-refractivity contribution in [1.82, 2.24) is 4.98 Å². The van der Waals surface area contributed by atoms with Crippen molar-refractivity contribution in [2.75, 3.05) is 0 Å². The summed E-state index contributed by atoms with van der Waals surface area (Å²) in [5, 5.41) is 0. The molecule has 0 spiro atoms. The highest BCUT2D eigenvalue weighted by molar-refractivity contribution is 6.27. The molecule has 0 fully saturated rings. The zero-order valence-corrected chi connectivity index (χ0v) is 9.93. The molecule has 2 heteroatoms. The fourth-order valence-electron chi connectivity index (χ4n) is 1.09. The molecule has 0 amide bonds. The number of halogens is 1. The molecule has 0 aliphatic heterocycles. The molecule has 1 aromatic carbocycles. The number of hydrogen-bond acceptors (Lipinski definition) is 1. The standard InChI is InChI=1S/C8H7Cl.C6H7N/c9-7-6-8-4-2-1-3-5-8;1-6-3-2-4-7-5-6/h1-7H;2-5H,1H3. The first-order chi connectivity index (χ1) is 7.83. The SMILES string of the molecule is Cc1cccnc1.ClC=Cc1ccccc1. The summed E-state index contributed by atoms with van der Waals surface area (Å²) in [7, 11) is 0. The lowest BCUT2D eigenvalue weighted by Crippen LogP contribution is -1.69. The lowest BCUT2D eigenvalue weighted by atomic mass is 10.2. The first-order valence-electron chi connectivity index (χ1n) is 5.01. The Morgan fingerprint density at radius 1 is 1.06 bits per heavy atom. The average Bonchev–Trinajstić information content (AvgIpc) is 2.33. The summed E-state index contributed by atoms with van der Waals surface area (Å²) < 4.78 is 0. The molecule has 1 heterocycles. The van der Waals surface area contributed by atoms with Gasteiger partial charge in [0, 0.05) is 17.9 Å². The van der Waals surface area contributed by atoms with E-state index in [2.05, 4.69) is 4.98 Å². The average molecular weight is 232 g/mol. The van der Waals surface area contributed by atoms with Gasteiger partial charge in [0.25, 0.3) is 0 Å². The first-order valence-corrected chi connectivity index (χ1v) is 5.45. The number of aromatic nitrogens is 1. The van der Waals surface area contributed by atoms with Gasteiger partial charge in [-0.1, -0.05) is 48.0 Å². The van der Waals surface area contributed by atoms with Crippen molar-refractivity contribution in [3.63, 3.8) is 0 Å². The number of benzene rings is 1. The van der Waals surface area contributed by atoms with Gasteiger partial charge in [-0.15, -0.1) is 0 Å². The summed E-state index contributed by atoms with van der Waals surface area (Å²) in [4.78, 5) is 3.88. The van der Waals surface area contributed by atoms with Crippen molar-refractivity contribution in [2.24, 2.45) is 0 Å². The van der Waals surface area contributed by atoms with Crippen LogP contribution in [0.4, 0.5) is 0 Å². The van der Waals surface area contributed by atoms with Crippen LogP contribution in [0.15, 0.2) is 60.4 Å². The normalized spacial score (nSPS) is 9.62. The van der Waals surface area contributed by atoms with Crippen LogP contribution in [0.3, 0.4) is 0 Å². The summed E-state index contributed by atoms with van der Waals surface area (Å²) in [6.45, 7) is 2.02. The van der Waals surface area contributed by atoms with Crippen LogP contribution in [-0.4, -0.2) is 4.98 Å². The highest BCUT2D eigenvalue weighted by Crippen LogP contribution is 2.00. The molecule has 1 aromatic heterocycles. The van der Waals surface area contributed by atoms with Gasteiger partial charge in [-0.05, 0) is 30.2 Å². The molecule has 0 N–H and O–H groups in total. The lowest BCUT2D eigenvalue weighted by molar-refractivity contribution is 1.27. The van der Waals surface area contributed by atoms with Crippen LogP contribution in [0.5, 0.6) is 0 Å². The molecule has 0 aliphatic carbocycles. The second-order valence-corrected chi connectivity index (χ2v) is 3.49. The molecular formula is C14H14ClN. The molecule has 1 nitrogen and oxygen atoms in total. The Balaban J connectivity index is 0.000000165. The van der Waals surface area contributed by atoms with Crippen molar-refractivity contribution in [1.29, 1.82) is 0 Å². The van der Waals surface area contributed by atoms with Crippen LogP contribution >= 0.6 is 11.6 Å². The zero-order valence-electron chi connectivity index (χ0n) is 9.18. The summed E-state index contributed by atoms with van der Waals surface area (Å²) in [6, 6.07) is 13.9. The van der Waals surface area contributed by atoms with Gasteiger partial charge in [0.05, 0.1) is 0 Å². The van der Waals surface area contributed by atoms with E-state index < -0.39 is 0 Å². The molecule has 0 radical (unpaired) electrons. The zero-order chi connectivity index (χ0) is 11.6. The molecule has 0 unspecified atom stereocenters. The van der Waals surface area contributed by atoms with Gasteiger partial charge in [-0.25, -0.2) is 0 Å².